The topological polar surface area (TPSA) is 98.1 Å². The average molecular weight is 279 g/mol. The van der Waals surface area contributed by atoms with Crippen LogP contribution < -0.4 is 0 Å². The summed E-state index contributed by atoms with van der Waals surface area (Å²) in [5.41, 5.74) is -1.01. The molecule has 0 radical (unpaired) electrons. The van der Waals surface area contributed by atoms with Gasteiger partial charge in [0.05, 0.1) is 0 Å². The third-order valence-electron chi connectivity index (χ3n) is 3.29. The first-order chi connectivity index (χ1) is 9.22. The molecule has 1 unspecified atom stereocenters. The number of aliphatic carboxylic acids is 1. The second kappa shape index (κ2) is 5.64. The number of amides is 1. The van der Waals surface area contributed by atoms with Gasteiger partial charge in [0.1, 0.15) is 5.54 Å². The number of carbonyl (C=O) groups is 2. The lowest BCUT2D eigenvalue weighted by Gasteiger charge is -2.34. The molecule has 0 fully saturated rings. The van der Waals surface area contributed by atoms with Crippen LogP contribution in [0.2, 0.25) is 0 Å². The van der Waals surface area contributed by atoms with Crippen LogP contribution in [0, 0.1) is 0 Å². The van der Waals surface area contributed by atoms with Crippen LogP contribution in [-0.4, -0.2) is 44.7 Å². The number of rotatable bonds is 5. The maximum atomic E-state index is 11.6. The summed E-state index contributed by atoms with van der Waals surface area (Å²) >= 11 is 0. The number of aromatic hydroxyl groups is 2. The summed E-state index contributed by atoms with van der Waals surface area (Å²) in [6.45, 7) is 4.73. The number of hydrogen-bond acceptors (Lipinski definition) is 4. The minimum Gasteiger partial charge on any atom is -0.504 e. The SMILES string of the molecule is C=CC(=O)N(C)C(C)(Cc1ccc(O)c(O)c1)C(=O)O. The Morgan fingerprint density at radius 3 is 2.40 bits per heavy atom. The zero-order valence-corrected chi connectivity index (χ0v) is 11.3. The highest BCUT2D eigenvalue weighted by molar-refractivity contribution is 5.92. The van der Waals surface area contributed by atoms with Gasteiger partial charge in [-0.3, -0.25) is 4.79 Å². The highest BCUT2D eigenvalue weighted by atomic mass is 16.4. The second-order valence-corrected chi connectivity index (χ2v) is 4.68. The highest BCUT2D eigenvalue weighted by Gasteiger charge is 2.39. The molecule has 3 N–H and O–H groups in total. The quantitative estimate of drug-likeness (QED) is 0.554. The monoisotopic (exact) mass is 279 g/mol. The molecule has 1 atom stereocenters. The fourth-order valence-corrected chi connectivity index (χ4v) is 1.79. The van der Waals surface area contributed by atoms with Crippen molar-refractivity contribution in [2.45, 2.75) is 18.9 Å². The molecular weight excluding hydrogens is 262 g/mol. The average Bonchev–Trinajstić information content (AvgIpc) is 2.40. The normalized spacial score (nSPS) is 13.3. The van der Waals surface area contributed by atoms with Crippen molar-refractivity contribution in [2.24, 2.45) is 0 Å². The molecule has 0 aliphatic carbocycles. The van der Waals surface area contributed by atoms with Crippen molar-refractivity contribution >= 4 is 11.9 Å². The summed E-state index contributed by atoms with van der Waals surface area (Å²) in [4.78, 5) is 24.2. The van der Waals surface area contributed by atoms with Crippen molar-refractivity contribution in [3.63, 3.8) is 0 Å². The summed E-state index contributed by atoms with van der Waals surface area (Å²) in [7, 11) is 1.37. The van der Waals surface area contributed by atoms with Gasteiger partial charge in [0.25, 0.3) is 0 Å². The molecule has 1 aromatic carbocycles. The lowest BCUT2D eigenvalue weighted by atomic mass is 9.91. The van der Waals surface area contributed by atoms with E-state index in [1.54, 1.807) is 0 Å². The standard InChI is InChI=1S/C14H17NO5/c1-4-12(18)15(3)14(2,13(19)20)8-9-5-6-10(16)11(17)7-9/h4-7,16-17H,1,8H2,2-3H3,(H,19,20). The van der Waals surface area contributed by atoms with Gasteiger partial charge >= 0.3 is 5.97 Å². The smallest absolute Gasteiger partial charge is 0.329 e. The van der Waals surface area contributed by atoms with Crippen LogP contribution in [0.15, 0.2) is 30.9 Å². The molecular formula is C14H17NO5. The first-order valence-electron chi connectivity index (χ1n) is 5.87. The van der Waals surface area contributed by atoms with E-state index in [2.05, 4.69) is 6.58 Å². The Hall–Kier alpha value is -2.50. The molecule has 20 heavy (non-hydrogen) atoms. The van der Waals surface area contributed by atoms with E-state index in [9.17, 15) is 24.9 Å². The Bertz CT molecular complexity index is 554. The second-order valence-electron chi connectivity index (χ2n) is 4.68. The molecule has 6 nitrogen and oxygen atoms in total. The van der Waals surface area contributed by atoms with Crippen LogP contribution in [0.1, 0.15) is 12.5 Å². The minimum absolute atomic E-state index is 0.0216. The lowest BCUT2D eigenvalue weighted by molar-refractivity contribution is -0.154. The van der Waals surface area contributed by atoms with E-state index < -0.39 is 17.4 Å². The van der Waals surface area contributed by atoms with E-state index in [4.69, 9.17) is 0 Å². The van der Waals surface area contributed by atoms with Gasteiger partial charge in [-0.25, -0.2) is 4.79 Å². The molecule has 0 spiro atoms. The van der Waals surface area contributed by atoms with Crippen LogP contribution in [0.4, 0.5) is 0 Å². The molecule has 0 heterocycles. The lowest BCUT2D eigenvalue weighted by Crippen LogP contribution is -2.54. The number of likely N-dealkylation sites (N-methyl/N-ethyl adjacent to an activating group) is 1. The van der Waals surface area contributed by atoms with Crippen LogP contribution >= 0.6 is 0 Å². The summed E-state index contributed by atoms with van der Waals surface area (Å²) in [5, 5.41) is 28.1. The first-order valence-corrected chi connectivity index (χ1v) is 5.87. The Morgan fingerprint density at radius 2 is 1.95 bits per heavy atom. The summed E-state index contributed by atoms with van der Waals surface area (Å²) in [6, 6.07) is 4.02. The summed E-state index contributed by atoms with van der Waals surface area (Å²) in [5.74, 6) is -2.32. The molecule has 6 heteroatoms. The molecule has 0 saturated carbocycles. The third kappa shape index (κ3) is 2.90. The van der Waals surface area contributed by atoms with Gasteiger partial charge in [-0.1, -0.05) is 12.6 Å². The van der Waals surface area contributed by atoms with E-state index in [1.807, 2.05) is 0 Å². The first kappa shape index (κ1) is 15.6. The van der Waals surface area contributed by atoms with Gasteiger partial charge in [-0.2, -0.15) is 0 Å². The molecule has 108 valence electrons. The number of phenolic OH excluding ortho intramolecular Hbond substituents is 2. The Kier molecular flexibility index (Phi) is 4.39. The van der Waals surface area contributed by atoms with Gasteiger partial charge in [0, 0.05) is 13.5 Å². The molecule has 0 aromatic heterocycles. The minimum atomic E-state index is -1.49. The number of carbonyl (C=O) groups excluding carboxylic acids is 1. The predicted molar refractivity (Wildman–Crippen MR) is 72.5 cm³/mol. The van der Waals surface area contributed by atoms with Crippen molar-refractivity contribution < 1.29 is 24.9 Å². The molecule has 1 rings (SSSR count). The predicted octanol–water partition coefficient (Wildman–Crippen LogP) is 1.13. The number of carboxylic acids is 1. The van der Waals surface area contributed by atoms with Crippen LogP contribution in [0.3, 0.4) is 0 Å². The van der Waals surface area contributed by atoms with Crippen LogP contribution in [-0.2, 0) is 16.0 Å². The maximum absolute atomic E-state index is 11.6. The maximum Gasteiger partial charge on any atom is 0.329 e. The molecule has 0 saturated heterocycles. The van der Waals surface area contributed by atoms with Crippen molar-refractivity contribution in [2.75, 3.05) is 7.05 Å². The molecule has 1 aromatic rings. The number of nitrogens with zero attached hydrogens (tertiary/aromatic N) is 1. The van der Waals surface area contributed by atoms with E-state index in [0.29, 0.717) is 5.56 Å². The van der Waals surface area contributed by atoms with E-state index in [1.165, 1.54) is 32.2 Å². The van der Waals surface area contributed by atoms with E-state index in [-0.39, 0.29) is 17.9 Å². The van der Waals surface area contributed by atoms with Crippen LogP contribution in [0.5, 0.6) is 11.5 Å². The van der Waals surface area contributed by atoms with E-state index >= 15 is 0 Å². The van der Waals surface area contributed by atoms with Crippen molar-refractivity contribution in [3.05, 3.63) is 36.4 Å². The Labute approximate surface area is 116 Å². The molecule has 0 aliphatic heterocycles. The third-order valence-corrected chi connectivity index (χ3v) is 3.29. The zero-order valence-electron chi connectivity index (χ0n) is 11.3. The fraction of sp³-hybridized carbons (Fsp3) is 0.286. The number of hydrogen-bond donors (Lipinski definition) is 3. The number of phenols is 2. The van der Waals surface area contributed by atoms with Crippen LogP contribution in [0.25, 0.3) is 0 Å². The Balaban J connectivity index is 3.14. The summed E-state index contributed by atoms with van der Waals surface area (Å²) < 4.78 is 0. The molecule has 1 amide bonds. The largest absolute Gasteiger partial charge is 0.504 e. The number of carboxylic acid groups (broad SMARTS) is 1. The molecule has 0 bridgehead atoms. The fourth-order valence-electron chi connectivity index (χ4n) is 1.79. The van der Waals surface area contributed by atoms with Gasteiger partial charge in [-0.05, 0) is 30.7 Å². The van der Waals surface area contributed by atoms with Crippen molar-refractivity contribution in [1.82, 2.24) is 4.90 Å². The van der Waals surface area contributed by atoms with Gasteiger partial charge in [-0.15, -0.1) is 0 Å². The van der Waals surface area contributed by atoms with E-state index in [0.717, 1.165) is 11.0 Å². The number of benzene rings is 1. The molecule has 0 aliphatic rings. The van der Waals surface area contributed by atoms with Gasteiger partial charge in [0.2, 0.25) is 5.91 Å². The van der Waals surface area contributed by atoms with Crippen molar-refractivity contribution in [3.8, 4) is 11.5 Å². The van der Waals surface area contributed by atoms with Gasteiger partial charge in [0.15, 0.2) is 11.5 Å². The highest BCUT2D eigenvalue weighted by Crippen LogP contribution is 2.28. The van der Waals surface area contributed by atoms with Gasteiger partial charge < -0.3 is 20.2 Å². The summed E-state index contributed by atoms with van der Waals surface area (Å²) in [6.07, 6.45) is 1.02. The Morgan fingerprint density at radius 1 is 1.35 bits per heavy atom. The zero-order chi connectivity index (χ0) is 15.5. The van der Waals surface area contributed by atoms with Crippen molar-refractivity contribution in [1.29, 1.82) is 0 Å².